The highest BCUT2D eigenvalue weighted by molar-refractivity contribution is 9.09. The summed E-state index contributed by atoms with van der Waals surface area (Å²) >= 11 is 4.64. The summed E-state index contributed by atoms with van der Waals surface area (Å²) in [5, 5.41) is 37.0. The number of aliphatic hydroxyl groups is 2. The Hall–Kier alpha value is -2.43. The van der Waals surface area contributed by atoms with Crippen LogP contribution < -0.4 is 5.32 Å². The number of nitriles is 1. The zero-order chi connectivity index (χ0) is 27.3. The van der Waals surface area contributed by atoms with Crippen molar-refractivity contribution in [1.29, 1.82) is 5.26 Å². The van der Waals surface area contributed by atoms with Gasteiger partial charge in [0.15, 0.2) is 5.69 Å². The molecule has 12 heteroatoms. The number of rotatable bonds is 13. The van der Waals surface area contributed by atoms with Crippen LogP contribution in [0.5, 0.6) is 0 Å². The number of benzene rings is 1. The molecule has 0 bridgehead atoms. The first-order chi connectivity index (χ1) is 18.2. The lowest BCUT2D eigenvalue weighted by Gasteiger charge is -2.33. The summed E-state index contributed by atoms with van der Waals surface area (Å²) in [6, 6.07) is 9.04. The van der Waals surface area contributed by atoms with E-state index in [1.54, 1.807) is 40.8 Å². The Kier molecular flexibility index (Phi) is 9.15. The first kappa shape index (κ1) is 28.6. The van der Waals surface area contributed by atoms with Crippen molar-refractivity contribution < 1.29 is 24.5 Å². The van der Waals surface area contributed by atoms with Gasteiger partial charge in [0.25, 0.3) is 11.8 Å². The molecule has 38 heavy (non-hydrogen) atoms. The van der Waals surface area contributed by atoms with Crippen LogP contribution in [0, 0.1) is 11.3 Å². The van der Waals surface area contributed by atoms with Gasteiger partial charge in [-0.2, -0.15) is 10.4 Å². The molecule has 3 N–H and O–H groups in total. The number of nitrogens with zero attached hydrogens (tertiary/aromatic N) is 4. The lowest BCUT2D eigenvalue weighted by molar-refractivity contribution is 0.0703. The molecule has 2 aromatic rings. The summed E-state index contributed by atoms with van der Waals surface area (Å²) in [5.41, 5.74) is 2.66. The van der Waals surface area contributed by atoms with Crippen molar-refractivity contribution in [2.75, 3.05) is 38.2 Å². The smallest absolute Gasteiger partial charge is 0.272 e. The number of fused-ring (bicyclic) bond motifs is 1. The quantitative estimate of drug-likeness (QED) is 0.179. The molecule has 1 saturated carbocycles. The van der Waals surface area contributed by atoms with Gasteiger partial charge in [-0.05, 0) is 43.9 Å². The molecule has 1 aromatic carbocycles. The number of hydrogen-bond acceptors (Lipinski definition) is 8. The minimum atomic E-state index is -1.27. The van der Waals surface area contributed by atoms with Crippen LogP contribution in [0.1, 0.15) is 57.4 Å². The van der Waals surface area contributed by atoms with Gasteiger partial charge in [-0.15, -0.1) is 11.8 Å². The molecule has 1 aliphatic carbocycles. The molecule has 10 nitrogen and oxygen atoms in total. The highest BCUT2D eigenvalue weighted by Crippen LogP contribution is 2.53. The minimum Gasteiger partial charge on any atom is -0.392 e. The number of alkyl halides is 1. The van der Waals surface area contributed by atoms with Crippen molar-refractivity contribution >= 4 is 39.5 Å². The van der Waals surface area contributed by atoms with E-state index in [4.69, 9.17) is 10.00 Å². The Balaban J connectivity index is 1.52. The van der Waals surface area contributed by atoms with Crippen molar-refractivity contribution in [2.45, 2.75) is 49.0 Å². The zero-order valence-electron chi connectivity index (χ0n) is 21.3. The Morgan fingerprint density at radius 2 is 2.08 bits per heavy atom. The molecule has 0 spiro atoms. The van der Waals surface area contributed by atoms with Crippen LogP contribution in [0.3, 0.4) is 0 Å². The summed E-state index contributed by atoms with van der Waals surface area (Å²) in [7, 11) is 0. The van der Waals surface area contributed by atoms with Gasteiger partial charge >= 0.3 is 0 Å². The number of ether oxygens (including phenoxy) is 1. The molecule has 0 saturated heterocycles. The van der Waals surface area contributed by atoms with E-state index in [2.05, 4.69) is 32.4 Å². The lowest BCUT2D eigenvalue weighted by atomic mass is 10.0. The van der Waals surface area contributed by atoms with Crippen LogP contribution in [-0.2, 0) is 24.2 Å². The largest absolute Gasteiger partial charge is 0.392 e. The number of hydrogen-bond donors (Lipinski definition) is 3. The van der Waals surface area contributed by atoms with Crippen molar-refractivity contribution in [3.63, 3.8) is 0 Å². The second-order valence-corrected chi connectivity index (χ2v) is 12.5. The molecule has 2 heterocycles. The lowest BCUT2D eigenvalue weighted by Crippen LogP contribution is -2.44. The molecular weight excluding hydrogens is 574 g/mol. The van der Waals surface area contributed by atoms with E-state index in [0.717, 1.165) is 18.4 Å². The SMILES string of the molecule is CC(O)(CO)SC1(CN2CCc3c(C(=O)NCc4ccc(C#N)cc4)nn(CCOCCBr)c3C2=O)CC1. The third kappa shape index (κ3) is 6.76. The average molecular weight is 607 g/mol. The maximum absolute atomic E-state index is 13.7. The number of aromatic nitrogens is 2. The molecule has 1 fully saturated rings. The predicted molar refractivity (Wildman–Crippen MR) is 146 cm³/mol. The second-order valence-electron chi connectivity index (χ2n) is 9.79. The third-order valence-electron chi connectivity index (χ3n) is 6.61. The molecule has 1 atom stereocenters. The van der Waals surface area contributed by atoms with E-state index in [-0.39, 0.29) is 35.4 Å². The zero-order valence-corrected chi connectivity index (χ0v) is 23.7. The van der Waals surface area contributed by atoms with Crippen molar-refractivity contribution in [2.24, 2.45) is 0 Å². The van der Waals surface area contributed by atoms with Gasteiger partial charge in [-0.1, -0.05) is 28.1 Å². The summed E-state index contributed by atoms with van der Waals surface area (Å²) < 4.78 is 6.87. The Labute approximate surface area is 234 Å². The predicted octanol–water partition coefficient (Wildman–Crippen LogP) is 2.06. The van der Waals surface area contributed by atoms with E-state index >= 15 is 0 Å². The fourth-order valence-corrected chi connectivity index (χ4v) is 6.27. The number of amides is 2. The number of nitrogens with one attached hydrogen (secondary N) is 1. The number of aliphatic hydroxyl groups excluding tert-OH is 1. The fourth-order valence-electron chi connectivity index (χ4n) is 4.52. The third-order valence-corrected chi connectivity index (χ3v) is 8.47. The Bertz CT molecular complexity index is 1210. The van der Waals surface area contributed by atoms with Crippen molar-refractivity contribution in [3.8, 4) is 6.07 Å². The van der Waals surface area contributed by atoms with Gasteiger partial charge in [0, 0.05) is 35.3 Å². The maximum atomic E-state index is 13.7. The maximum Gasteiger partial charge on any atom is 0.272 e. The van der Waals surface area contributed by atoms with Crippen LogP contribution in [0.15, 0.2) is 24.3 Å². The van der Waals surface area contributed by atoms with Gasteiger partial charge in [0.1, 0.15) is 10.6 Å². The van der Waals surface area contributed by atoms with Crippen molar-refractivity contribution in [1.82, 2.24) is 20.0 Å². The van der Waals surface area contributed by atoms with Gasteiger partial charge in [-0.3, -0.25) is 14.3 Å². The molecule has 2 aliphatic rings. The Morgan fingerprint density at radius 3 is 2.71 bits per heavy atom. The molecule has 204 valence electrons. The second kappa shape index (κ2) is 12.2. The Morgan fingerprint density at radius 1 is 1.34 bits per heavy atom. The van der Waals surface area contributed by atoms with Crippen LogP contribution in [-0.4, -0.2) is 84.6 Å². The van der Waals surface area contributed by atoms with Crippen LogP contribution >= 0.6 is 27.7 Å². The molecule has 4 rings (SSSR count). The summed E-state index contributed by atoms with van der Waals surface area (Å²) in [5.74, 6) is -0.555. The van der Waals surface area contributed by atoms with E-state index in [1.807, 2.05) is 0 Å². The van der Waals surface area contributed by atoms with E-state index in [0.29, 0.717) is 61.4 Å². The first-order valence-corrected chi connectivity index (χ1v) is 14.5. The van der Waals surface area contributed by atoms with Gasteiger partial charge in [-0.25, -0.2) is 0 Å². The van der Waals surface area contributed by atoms with E-state index in [9.17, 15) is 19.8 Å². The normalized spacial score (nSPS) is 17.4. The monoisotopic (exact) mass is 605 g/mol. The summed E-state index contributed by atoms with van der Waals surface area (Å²) in [6.07, 6.45) is 2.19. The molecule has 1 unspecified atom stereocenters. The summed E-state index contributed by atoms with van der Waals surface area (Å²) in [6.45, 7) is 3.58. The van der Waals surface area contributed by atoms with Gasteiger partial charge < -0.3 is 25.2 Å². The molecular formula is C26H32BrN5O5S. The molecule has 0 radical (unpaired) electrons. The highest BCUT2D eigenvalue weighted by Gasteiger charge is 2.50. The molecule has 1 aliphatic heterocycles. The van der Waals surface area contributed by atoms with E-state index < -0.39 is 4.93 Å². The molecule has 1 aromatic heterocycles. The number of carbonyl (C=O) groups excluding carboxylic acids is 2. The number of carbonyl (C=O) groups is 2. The van der Waals surface area contributed by atoms with Gasteiger partial charge in [0.05, 0.1) is 38.0 Å². The van der Waals surface area contributed by atoms with Gasteiger partial charge in [0.2, 0.25) is 0 Å². The van der Waals surface area contributed by atoms with Crippen LogP contribution in [0.2, 0.25) is 0 Å². The fraction of sp³-hybridized carbons (Fsp3) is 0.538. The summed E-state index contributed by atoms with van der Waals surface area (Å²) in [4.78, 5) is 27.3. The topological polar surface area (TPSA) is 141 Å². The highest BCUT2D eigenvalue weighted by atomic mass is 79.9. The first-order valence-electron chi connectivity index (χ1n) is 12.5. The number of thioether (sulfide) groups is 1. The number of halogens is 1. The average Bonchev–Trinajstić information content (AvgIpc) is 3.55. The van der Waals surface area contributed by atoms with Crippen LogP contribution in [0.4, 0.5) is 0 Å². The van der Waals surface area contributed by atoms with Crippen molar-refractivity contribution in [3.05, 3.63) is 52.3 Å². The van der Waals surface area contributed by atoms with Crippen LogP contribution in [0.25, 0.3) is 0 Å². The standard InChI is InChI=1S/C26H32BrN5O5S/c1-25(36,17-33)38-26(7-8-26)16-31-10-6-20-21(23(34)29-15-19-4-2-18(14-28)3-5-19)30-32(22(20)24(31)35)11-13-37-12-9-27/h2-5,33,36H,6-13,15-17H2,1H3,(H,29,34). The molecule has 2 amide bonds. The van der Waals surface area contributed by atoms with E-state index in [1.165, 1.54) is 11.8 Å². The minimum absolute atomic E-state index is 0.194.